The molecule has 1 amide bonds. The van der Waals surface area contributed by atoms with Crippen molar-refractivity contribution in [3.05, 3.63) is 28.8 Å². The zero-order chi connectivity index (χ0) is 18.8. The monoisotopic (exact) mass is 387 g/mol. The summed E-state index contributed by atoms with van der Waals surface area (Å²) in [5.74, 6) is -0.227. The second-order valence-electron chi connectivity index (χ2n) is 6.66. The van der Waals surface area contributed by atoms with Crippen molar-refractivity contribution in [2.75, 3.05) is 26.2 Å². The Balaban J connectivity index is 2.30. The lowest BCUT2D eigenvalue weighted by Crippen LogP contribution is -2.53. The van der Waals surface area contributed by atoms with Crippen LogP contribution in [0.25, 0.3) is 0 Å². The van der Waals surface area contributed by atoms with Gasteiger partial charge in [-0.15, -0.1) is 0 Å². The van der Waals surface area contributed by atoms with Crippen molar-refractivity contribution < 1.29 is 13.2 Å². The van der Waals surface area contributed by atoms with Crippen molar-refractivity contribution in [2.24, 2.45) is 0 Å². The van der Waals surface area contributed by atoms with Gasteiger partial charge in [-0.25, -0.2) is 13.1 Å². The summed E-state index contributed by atoms with van der Waals surface area (Å²) in [5, 5.41) is 0.263. The molecule has 0 bridgehead atoms. The Morgan fingerprint density at radius 2 is 2.04 bits per heavy atom. The minimum Gasteiger partial charge on any atom is -0.333 e. The first-order valence-corrected chi connectivity index (χ1v) is 10.4. The van der Waals surface area contributed by atoms with E-state index in [1.165, 1.54) is 18.2 Å². The molecule has 1 unspecified atom stereocenters. The van der Waals surface area contributed by atoms with Gasteiger partial charge < -0.3 is 4.90 Å². The van der Waals surface area contributed by atoms with Crippen molar-refractivity contribution >= 4 is 27.5 Å². The molecule has 8 heteroatoms. The van der Waals surface area contributed by atoms with Gasteiger partial charge in [0.05, 0.1) is 15.5 Å². The number of carbonyl (C=O) groups excluding carboxylic acids is 1. The van der Waals surface area contributed by atoms with Gasteiger partial charge in [-0.3, -0.25) is 9.69 Å². The van der Waals surface area contributed by atoms with Gasteiger partial charge in [0, 0.05) is 31.7 Å². The molecule has 0 spiro atoms. The molecule has 0 saturated carbocycles. The molecular weight excluding hydrogens is 362 g/mol. The quantitative estimate of drug-likeness (QED) is 0.840. The third kappa shape index (κ3) is 4.73. The van der Waals surface area contributed by atoms with Crippen LogP contribution in [0.3, 0.4) is 0 Å². The van der Waals surface area contributed by atoms with Crippen LogP contribution in [0.2, 0.25) is 5.02 Å². The van der Waals surface area contributed by atoms with Crippen molar-refractivity contribution in [3.8, 4) is 0 Å². The lowest BCUT2D eigenvalue weighted by molar-refractivity contribution is 0.0499. The second kappa shape index (κ2) is 8.03. The lowest BCUT2D eigenvalue weighted by Gasteiger charge is -2.39. The molecule has 0 radical (unpaired) electrons. The number of rotatable bonds is 5. The number of halogens is 1. The number of sulfonamides is 1. The Morgan fingerprint density at radius 1 is 1.36 bits per heavy atom. The summed E-state index contributed by atoms with van der Waals surface area (Å²) >= 11 is 6.20. The number of hydrogen-bond donors (Lipinski definition) is 1. The van der Waals surface area contributed by atoms with E-state index in [4.69, 9.17) is 11.6 Å². The summed E-state index contributed by atoms with van der Waals surface area (Å²) in [7, 11) is -3.68. The van der Waals surface area contributed by atoms with Crippen LogP contribution in [0.15, 0.2) is 23.1 Å². The smallest absolute Gasteiger partial charge is 0.255 e. The van der Waals surface area contributed by atoms with Gasteiger partial charge in [0.25, 0.3) is 5.91 Å². The maximum atomic E-state index is 12.9. The van der Waals surface area contributed by atoms with E-state index in [1.807, 2.05) is 6.92 Å². The SMILES string of the molecule is CCN1CCN(C(=O)c2cc(S(=O)(=O)NC(C)C)ccc2Cl)C(C)C1. The Bertz CT molecular complexity index is 737. The minimum atomic E-state index is -3.68. The Labute approximate surface area is 155 Å². The molecule has 1 heterocycles. The second-order valence-corrected chi connectivity index (χ2v) is 8.78. The predicted octanol–water partition coefficient (Wildman–Crippen LogP) is 2.19. The number of hydrogen-bond acceptors (Lipinski definition) is 4. The van der Waals surface area contributed by atoms with Gasteiger partial charge in [0.2, 0.25) is 10.0 Å². The molecule has 140 valence electrons. The fourth-order valence-corrected chi connectivity index (χ4v) is 4.47. The van der Waals surface area contributed by atoms with E-state index in [0.29, 0.717) is 6.54 Å². The third-order valence-corrected chi connectivity index (χ3v) is 6.27. The van der Waals surface area contributed by atoms with Gasteiger partial charge in [-0.2, -0.15) is 0 Å². The van der Waals surface area contributed by atoms with Crippen LogP contribution in [0, 0.1) is 0 Å². The summed E-state index contributed by atoms with van der Waals surface area (Å²) in [6, 6.07) is 4.07. The van der Waals surface area contributed by atoms with Crippen molar-refractivity contribution in [3.63, 3.8) is 0 Å². The summed E-state index contributed by atoms with van der Waals surface area (Å²) in [5.41, 5.74) is 0.227. The van der Waals surface area contributed by atoms with Crippen molar-refractivity contribution in [2.45, 2.75) is 44.7 Å². The molecule has 6 nitrogen and oxygen atoms in total. The van der Waals surface area contributed by atoms with Crippen LogP contribution in [-0.2, 0) is 10.0 Å². The standard InChI is InChI=1S/C17H26ClN3O3S/c1-5-20-8-9-21(13(4)11-20)17(22)15-10-14(6-7-16(15)18)25(23,24)19-12(2)3/h6-7,10,12-13,19H,5,8-9,11H2,1-4H3. The zero-order valence-corrected chi connectivity index (χ0v) is 16.7. The molecule has 1 N–H and O–H groups in total. The molecule has 1 fully saturated rings. The number of piperazine rings is 1. The van der Waals surface area contributed by atoms with Crippen LogP contribution in [0.5, 0.6) is 0 Å². The largest absolute Gasteiger partial charge is 0.333 e. The van der Waals surface area contributed by atoms with Crippen LogP contribution < -0.4 is 4.72 Å². The highest BCUT2D eigenvalue weighted by Crippen LogP contribution is 2.24. The number of nitrogens with one attached hydrogen (secondary N) is 1. The molecular formula is C17H26ClN3O3S. The fourth-order valence-electron chi connectivity index (χ4n) is 2.99. The van der Waals surface area contributed by atoms with E-state index in [9.17, 15) is 13.2 Å². The zero-order valence-electron chi connectivity index (χ0n) is 15.1. The van der Waals surface area contributed by atoms with E-state index in [-0.39, 0.29) is 33.5 Å². The van der Waals surface area contributed by atoms with Crippen LogP contribution >= 0.6 is 11.6 Å². The normalized spacial score (nSPS) is 19.4. The summed E-state index contributed by atoms with van der Waals surface area (Å²) < 4.78 is 27.3. The van der Waals surface area contributed by atoms with Gasteiger partial charge in [-0.1, -0.05) is 18.5 Å². The molecule has 1 aliphatic heterocycles. The number of benzene rings is 1. The van der Waals surface area contributed by atoms with Gasteiger partial charge >= 0.3 is 0 Å². The molecule has 0 aliphatic carbocycles. The first-order chi connectivity index (χ1) is 11.7. The molecule has 1 aliphatic rings. The Hall–Kier alpha value is -1.15. The Kier molecular flexibility index (Phi) is 6.48. The predicted molar refractivity (Wildman–Crippen MR) is 99.5 cm³/mol. The van der Waals surface area contributed by atoms with Crippen LogP contribution in [-0.4, -0.2) is 62.4 Å². The molecule has 1 atom stereocenters. The summed E-state index contributed by atoms with van der Waals surface area (Å²) in [6.07, 6.45) is 0. The maximum absolute atomic E-state index is 12.9. The molecule has 1 saturated heterocycles. The highest BCUT2D eigenvalue weighted by Gasteiger charge is 2.29. The van der Waals surface area contributed by atoms with E-state index < -0.39 is 10.0 Å². The van der Waals surface area contributed by atoms with Crippen molar-refractivity contribution in [1.82, 2.24) is 14.5 Å². The lowest BCUT2D eigenvalue weighted by atomic mass is 10.1. The summed E-state index contributed by atoms with van der Waals surface area (Å²) in [4.78, 5) is 17.0. The van der Waals surface area contributed by atoms with Gasteiger partial charge in [0.15, 0.2) is 0 Å². The number of likely N-dealkylation sites (N-methyl/N-ethyl adjacent to an activating group) is 1. The van der Waals surface area contributed by atoms with E-state index in [1.54, 1.807) is 18.7 Å². The van der Waals surface area contributed by atoms with Gasteiger partial charge in [-0.05, 0) is 45.5 Å². The Morgan fingerprint density at radius 3 is 2.60 bits per heavy atom. The van der Waals surface area contributed by atoms with E-state index >= 15 is 0 Å². The molecule has 0 aromatic heterocycles. The van der Waals surface area contributed by atoms with Crippen LogP contribution in [0.4, 0.5) is 0 Å². The van der Waals surface area contributed by atoms with Crippen molar-refractivity contribution in [1.29, 1.82) is 0 Å². The maximum Gasteiger partial charge on any atom is 0.255 e. The molecule has 25 heavy (non-hydrogen) atoms. The molecule has 1 aromatic carbocycles. The first-order valence-electron chi connectivity index (χ1n) is 8.51. The minimum absolute atomic E-state index is 0.0475. The number of nitrogens with zero attached hydrogens (tertiary/aromatic N) is 2. The van der Waals surface area contributed by atoms with E-state index in [2.05, 4.69) is 16.5 Å². The third-order valence-electron chi connectivity index (χ3n) is 4.29. The molecule has 1 aromatic rings. The van der Waals surface area contributed by atoms with E-state index in [0.717, 1.165) is 19.6 Å². The number of carbonyl (C=O) groups is 1. The first kappa shape index (κ1) is 20.2. The number of amides is 1. The highest BCUT2D eigenvalue weighted by atomic mass is 35.5. The molecule has 2 rings (SSSR count). The average molecular weight is 388 g/mol. The fraction of sp³-hybridized carbons (Fsp3) is 0.588. The highest BCUT2D eigenvalue weighted by molar-refractivity contribution is 7.89. The average Bonchev–Trinajstić information content (AvgIpc) is 2.53. The van der Waals surface area contributed by atoms with Crippen LogP contribution in [0.1, 0.15) is 38.1 Å². The summed E-state index contributed by atoms with van der Waals surface area (Å²) in [6.45, 7) is 10.7. The topological polar surface area (TPSA) is 69.7 Å². The van der Waals surface area contributed by atoms with Gasteiger partial charge in [0.1, 0.15) is 0 Å².